The quantitative estimate of drug-likeness (QED) is 0.854. The number of nitrogens with zero attached hydrogens (tertiary/aromatic N) is 1. The molecule has 0 fully saturated rings. The van der Waals surface area contributed by atoms with Crippen LogP contribution in [0, 0.1) is 5.82 Å². The van der Waals surface area contributed by atoms with Gasteiger partial charge in [-0.2, -0.15) is 0 Å². The first-order valence-corrected chi connectivity index (χ1v) is 5.72. The van der Waals surface area contributed by atoms with E-state index in [-0.39, 0.29) is 5.82 Å². The standard InChI is InChI=1S/C13H11FN2O2/c14-8-3-1-7(2-4-8)12-15-10-6-5-9(13(17)18)11(10)16-12/h1-4,9H,5-6H2,(H,15,16)(H,17,18). The van der Waals surface area contributed by atoms with Crippen molar-refractivity contribution in [1.82, 2.24) is 9.97 Å². The van der Waals surface area contributed by atoms with E-state index in [1.54, 1.807) is 12.1 Å². The number of carboxylic acids is 1. The molecule has 18 heavy (non-hydrogen) atoms. The lowest BCUT2D eigenvalue weighted by molar-refractivity contribution is -0.138. The highest BCUT2D eigenvalue weighted by molar-refractivity contribution is 5.77. The highest BCUT2D eigenvalue weighted by Gasteiger charge is 2.32. The number of hydrogen-bond acceptors (Lipinski definition) is 2. The highest BCUT2D eigenvalue weighted by atomic mass is 19.1. The van der Waals surface area contributed by atoms with Crippen LogP contribution < -0.4 is 0 Å². The molecule has 0 spiro atoms. The Morgan fingerprint density at radius 3 is 2.78 bits per heavy atom. The van der Waals surface area contributed by atoms with Crippen molar-refractivity contribution >= 4 is 5.97 Å². The Balaban J connectivity index is 1.99. The maximum atomic E-state index is 12.8. The smallest absolute Gasteiger partial charge is 0.312 e. The number of benzene rings is 1. The van der Waals surface area contributed by atoms with Crippen molar-refractivity contribution in [3.8, 4) is 11.4 Å². The van der Waals surface area contributed by atoms with Crippen molar-refractivity contribution in [1.29, 1.82) is 0 Å². The number of carboxylic acid groups (broad SMARTS) is 1. The predicted octanol–water partition coefficient (Wildman–Crippen LogP) is 2.33. The number of carbonyl (C=O) groups is 1. The van der Waals surface area contributed by atoms with Crippen LogP contribution in [-0.2, 0) is 11.2 Å². The van der Waals surface area contributed by atoms with Gasteiger partial charge in [0.1, 0.15) is 17.6 Å². The molecule has 2 N–H and O–H groups in total. The van der Waals surface area contributed by atoms with Crippen molar-refractivity contribution in [2.24, 2.45) is 0 Å². The minimum absolute atomic E-state index is 0.304. The molecular weight excluding hydrogens is 235 g/mol. The van der Waals surface area contributed by atoms with Crippen LogP contribution in [-0.4, -0.2) is 21.0 Å². The molecule has 0 amide bonds. The third-order valence-corrected chi connectivity index (χ3v) is 3.24. The Morgan fingerprint density at radius 1 is 1.39 bits per heavy atom. The average molecular weight is 246 g/mol. The number of halogens is 1. The zero-order valence-corrected chi connectivity index (χ0v) is 9.48. The fourth-order valence-corrected chi connectivity index (χ4v) is 2.31. The van der Waals surface area contributed by atoms with E-state index in [1.165, 1.54) is 12.1 Å². The zero-order valence-electron chi connectivity index (χ0n) is 9.48. The molecule has 4 nitrogen and oxygen atoms in total. The van der Waals surface area contributed by atoms with Crippen molar-refractivity contribution in [2.75, 3.05) is 0 Å². The van der Waals surface area contributed by atoms with E-state index in [0.29, 0.717) is 24.4 Å². The molecule has 92 valence electrons. The molecule has 2 aromatic rings. The van der Waals surface area contributed by atoms with Crippen molar-refractivity contribution in [3.63, 3.8) is 0 Å². The van der Waals surface area contributed by atoms with Gasteiger partial charge in [-0.1, -0.05) is 0 Å². The van der Waals surface area contributed by atoms with Gasteiger partial charge in [-0.3, -0.25) is 4.79 Å². The van der Waals surface area contributed by atoms with Crippen molar-refractivity contribution in [3.05, 3.63) is 41.5 Å². The first-order chi connectivity index (χ1) is 8.65. The maximum absolute atomic E-state index is 12.8. The van der Waals surface area contributed by atoms with Crippen LogP contribution in [0.1, 0.15) is 23.7 Å². The van der Waals surface area contributed by atoms with Crippen molar-refractivity contribution in [2.45, 2.75) is 18.8 Å². The summed E-state index contributed by atoms with van der Waals surface area (Å²) in [6.07, 6.45) is 1.29. The van der Waals surface area contributed by atoms with Gasteiger partial charge in [0.2, 0.25) is 0 Å². The zero-order chi connectivity index (χ0) is 12.7. The van der Waals surface area contributed by atoms with E-state index in [2.05, 4.69) is 9.97 Å². The number of fused-ring (bicyclic) bond motifs is 1. The topological polar surface area (TPSA) is 66.0 Å². The number of nitrogens with one attached hydrogen (secondary N) is 1. The highest BCUT2D eigenvalue weighted by Crippen LogP contribution is 2.33. The summed E-state index contributed by atoms with van der Waals surface area (Å²) < 4.78 is 12.8. The maximum Gasteiger partial charge on any atom is 0.312 e. The molecule has 0 bridgehead atoms. The Morgan fingerprint density at radius 2 is 2.11 bits per heavy atom. The molecule has 1 unspecified atom stereocenters. The summed E-state index contributed by atoms with van der Waals surface area (Å²) in [5, 5.41) is 9.07. The summed E-state index contributed by atoms with van der Waals surface area (Å²) in [7, 11) is 0. The lowest BCUT2D eigenvalue weighted by Crippen LogP contribution is -2.08. The van der Waals surface area contributed by atoms with Crippen LogP contribution in [0.4, 0.5) is 4.39 Å². The number of hydrogen-bond donors (Lipinski definition) is 2. The third-order valence-electron chi connectivity index (χ3n) is 3.24. The Labute approximate surface area is 102 Å². The van der Waals surface area contributed by atoms with Gasteiger partial charge in [0.25, 0.3) is 0 Å². The van der Waals surface area contributed by atoms with Gasteiger partial charge in [-0.15, -0.1) is 0 Å². The van der Waals surface area contributed by atoms with E-state index in [0.717, 1.165) is 11.3 Å². The summed E-state index contributed by atoms with van der Waals surface area (Å²) in [5.74, 6) is -1.07. The van der Waals surface area contributed by atoms with Crippen LogP contribution in [0.25, 0.3) is 11.4 Å². The summed E-state index contributed by atoms with van der Waals surface area (Å²) in [6, 6.07) is 5.97. The Bertz CT molecular complexity index is 604. The number of rotatable bonds is 2. The summed E-state index contributed by atoms with van der Waals surface area (Å²) in [6.45, 7) is 0. The number of aromatic nitrogens is 2. The van der Waals surface area contributed by atoms with Gasteiger partial charge in [0.15, 0.2) is 0 Å². The van der Waals surface area contributed by atoms with Gasteiger partial charge in [0, 0.05) is 11.3 Å². The first-order valence-electron chi connectivity index (χ1n) is 5.72. The van der Waals surface area contributed by atoms with Crippen LogP contribution in [0.5, 0.6) is 0 Å². The molecule has 0 radical (unpaired) electrons. The molecule has 1 atom stereocenters. The van der Waals surface area contributed by atoms with E-state index < -0.39 is 11.9 Å². The summed E-state index contributed by atoms with van der Waals surface area (Å²) in [4.78, 5) is 18.5. The second-order valence-corrected chi connectivity index (χ2v) is 4.39. The molecule has 5 heteroatoms. The lowest BCUT2D eigenvalue weighted by Gasteiger charge is -2.01. The fraction of sp³-hybridized carbons (Fsp3) is 0.231. The van der Waals surface area contributed by atoms with Gasteiger partial charge < -0.3 is 10.1 Å². The first kappa shape index (κ1) is 11.0. The molecule has 1 aromatic heterocycles. The Hall–Kier alpha value is -2.17. The minimum Gasteiger partial charge on any atom is -0.481 e. The van der Waals surface area contributed by atoms with Crippen LogP contribution in [0.3, 0.4) is 0 Å². The van der Waals surface area contributed by atoms with Crippen molar-refractivity contribution < 1.29 is 14.3 Å². The van der Waals surface area contributed by atoms with Crippen LogP contribution in [0.15, 0.2) is 24.3 Å². The molecule has 3 rings (SSSR count). The molecule has 1 aromatic carbocycles. The second kappa shape index (κ2) is 3.94. The monoisotopic (exact) mass is 246 g/mol. The predicted molar refractivity (Wildman–Crippen MR) is 62.7 cm³/mol. The molecular formula is C13H11FN2O2. The number of aryl methyl sites for hydroxylation is 1. The van der Waals surface area contributed by atoms with E-state index in [9.17, 15) is 9.18 Å². The Kier molecular flexibility index (Phi) is 2.40. The minimum atomic E-state index is -0.842. The normalized spacial score (nSPS) is 17.7. The van der Waals surface area contributed by atoms with Gasteiger partial charge >= 0.3 is 5.97 Å². The molecule has 1 aliphatic carbocycles. The molecule has 1 heterocycles. The third kappa shape index (κ3) is 1.68. The van der Waals surface area contributed by atoms with E-state index in [4.69, 9.17) is 5.11 Å². The SMILES string of the molecule is O=C(O)C1CCc2[nH]c(-c3ccc(F)cc3)nc21. The van der Waals surface area contributed by atoms with Gasteiger partial charge in [-0.05, 0) is 37.1 Å². The molecule has 0 aliphatic heterocycles. The largest absolute Gasteiger partial charge is 0.481 e. The van der Waals surface area contributed by atoms with E-state index in [1.807, 2.05) is 0 Å². The fourth-order valence-electron chi connectivity index (χ4n) is 2.31. The van der Waals surface area contributed by atoms with Crippen LogP contribution in [0.2, 0.25) is 0 Å². The summed E-state index contributed by atoms with van der Waals surface area (Å²) >= 11 is 0. The van der Waals surface area contributed by atoms with Crippen LogP contribution >= 0.6 is 0 Å². The second-order valence-electron chi connectivity index (χ2n) is 4.39. The molecule has 0 saturated carbocycles. The van der Waals surface area contributed by atoms with Gasteiger partial charge in [-0.25, -0.2) is 9.37 Å². The molecule has 0 saturated heterocycles. The average Bonchev–Trinajstić information content (AvgIpc) is 2.88. The van der Waals surface area contributed by atoms with Gasteiger partial charge in [0.05, 0.1) is 5.69 Å². The number of imidazole rings is 1. The number of aromatic amines is 1. The lowest BCUT2D eigenvalue weighted by atomic mass is 10.1. The summed E-state index contributed by atoms with van der Waals surface area (Å²) in [5.41, 5.74) is 2.25. The molecule has 1 aliphatic rings. The number of aliphatic carboxylic acids is 1. The van der Waals surface area contributed by atoms with E-state index >= 15 is 0 Å². The number of H-pyrrole nitrogens is 1.